The summed E-state index contributed by atoms with van der Waals surface area (Å²) in [5.41, 5.74) is -1.71. The Morgan fingerprint density at radius 1 is 1.23 bits per heavy atom. The second kappa shape index (κ2) is 6.75. The molecule has 0 unspecified atom stereocenters. The molecule has 3 aliphatic rings. The monoisotopic (exact) mass is 384 g/mol. The van der Waals surface area contributed by atoms with E-state index in [2.05, 4.69) is 10.6 Å². The molecule has 1 aromatic rings. The van der Waals surface area contributed by atoms with Crippen LogP contribution < -0.4 is 15.4 Å². The van der Waals surface area contributed by atoms with Gasteiger partial charge in [-0.15, -0.1) is 0 Å². The molecule has 3 fully saturated rings. The zero-order valence-electron chi connectivity index (χ0n) is 13.8. The van der Waals surface area contributed by atoms with Crippen molar-refractivity contribution in [3.63, 3.8) is 0 Å². The fraction of sp³-hybridized carbons (Fsp3) is 0.471. The average Bonchev–Trinajstić information content (AvgIpc) is 2.57. The Hall–Kier alpha value is -2.35. The molecular weight excluding hydrogens is 367 g/mol. The van der Waals surface area contributed by atoms with E-state index in [1.807, 2.05) is 0 Å². The molecule has 26 heavy (non-hydrogen) atoms. The average molecular weight is 385 g/mol. The fourth-order valence-corrected chi connectivity index (χ4v) is 3.82. The highest BCUT2D eigenvalue weighted by atomic mass is 35.5. The standard InChI is InChI=1S/C17H18ClFN2O5/c18-11-2-1-10(7-12(11)19)26-9-14(23)20-16-3-5-17(6-4-16,13(22)8-16)21-15(24)25/h1-2,7,21H,3-6,8-9H2,(H,20,23)(H,24,25). The molecule has 0 aliphatic heterocycles. The summed E-state index contributed by atoms with van der Waals surface area (Å²) in [6.45, 7) is -0.324. The molecular formula is C17H18ClFN2O5. The second-order valence-corrected chi connectivity index (χ2v) is 7.21. The predicted molar refractivity (Wildman–Crippen MR) is 89.8 cm³/mol. The van der Waals surface area contributed by atoms with Crippen LogP contribution in [0.4, 0.5) is 9.18 Å². The van der Waals surface area contributed by atoms with Crippen molar-refractivity contribution in [1.29, 1.82) is 0 Å². The number of carbonyl (C=O) groups excluding carboxylic acids is 2. The number of ketones is 1. The summed E-state index contributed by atoms with van der Waals surface area (Å²) >= 11 is 5.59. The van der Waals surface area contributed by atoms with Gasteiger partial charge in [0.1, 0.15) is 17.1 Å². The van der Waals surface area contributed by atoms with Gasteiger partial charge in [-0.1, -0.05) is 11.6 Å². The maximum absolute atomic E-state index is 13.4. The van der Waals surface area contributed by atoms with Crippen molar-refractivity contribution in [1.82, 2.24) is 10.6 Å². The molecule has 0 aromatic heterocycles. The van der Waals surface area contributed by atoms with Gasteiger partial charge in [-0.25, -0.2) is 9.18 Å². The van der Waals surface area contributed by atoms with Gasteiger partial charge in [0.05, 0.1) is 5.02 Å². The first-order chi connectivity index (χ1) is 12.2. The number of nitrogens with one attached hydrogen (secondary N) is 2. The van der Waals surface area contributed by atoms with Crippen molar-refractivity contribution in [2.24, 2.45) is 0 Å². The molecule has 0 radical (unpaired) electrons. The number of rotatable bonds is 5. The van der Waals surface area contributed by atoms with Crippen molar-refractivity contribution < 1.29 is 28.6 Å². The van der Waals surface area contributed by atoms with Crippen LogP contribution in [0, 0.1) is 5.82 Å². The van der Waals surface area contributed by atoms with Gasteiger partial charge < -0.3 is 20.5 Å². The third-order valence-electron chi connectivity index (χ3n) is 5.11. The second-order valence-electron chi connectivity index (χ2n) is 6.81. The molecule has 0 saturated heterocycles. The number of ether oxygens (including phenoxy) is 1. The van der Waals surface area contributed by atoms with Crippen molar-refractivity contribution in [3.8, 4) is 5.75 Å². The SMILES string of the molecule is O=C(O)NC12CCC(NC(=O)COc3ccc(Cl)c(F)c3)(CC1)CC2=O. The van der Waals surface area contributed by atoms with Gasteiger partial charge in [-0.05, 0) is 37.8 Å². The summed E-state index contributed by atoms with van der Waals surface area (Å²) < 4.78 is 18.6. The number of amides is 2. The third kappa shape index (κ3) is 3.60. The Morgan fingerprint density at radius 3 is 2.50 bits per heavy atom. The highest BCUT2D eigenvalue weighted by Crippen LogP contribution is 2.44. The van der Waals surface area contributed by atoms with Crippen LogP contribution in [0.5, 0.6) is 5.75 Å². The number of fused-ring (bicyclic) bond motifs is 3. The van der Waals surface area contributed by atoms with Gasteiger partial charge >= 0.3 is 6.09 Å². The maximum atomic E-state index is 13.4. The summed E-state index contributed by atoms with van der Waals surface area (Å²) in [5, 5.41) is 14.1. The number of carbonyl (C=O) groups is 3. The summed E-state index contributed by atoms with van der Waals surface area (Å²) in [4.78, 5) is 35.5. The summed E-state index contributed by atoms with van der Waals surface area (Å²) in [5.74, 6) is -1.10. The molecule has 0 spiro atoms. The zero-order chi connectivity index (χ0) is 18.9. The first-order valence-electron chi connectivity index (χ1n) is 8.17. The fourth-order valence-electron chi connectivity index (χ4n) is 3.70. The van der Waals surface area contributed by atoms with E-state index in [0.717, 1.165) is 6.07 Å². The summed E-state index contributed by atoms with van der Waals surface area (Å²) in [6.07, 6.45) is 0.555. The lowest BCUT2D eigenvalue weighted by molar-refractivity contribution is -0.137. The maximum Gasteiger partial charge on any atom is 0.405 e. The molecule has 3 saturated carbocycles. The smallest absolute Gasteiger partial charge is 0.405 e. The lowest BCUT2D eigenvalue weighted by Gasteiger charge is -2.51. The Kier molecular flexibility index (Phi) is 4.79. The number of halogens is 2. The first-order valence-corrected chi connectivity index (χ1v) is 8.55. The minimum atomic E-state index is -1.22. The topological polar surface area (TPSA) is 105 Å². The van der Waals surface area contributed by atoms with Crippen LogP contribution in [-0.2, 0) is 9.59 Å². The lowest BCUT2D eigenvalue weighted by Crippen LogP contribution is -2.68. The molecule has 3 N–H and O–H groups in total. The largest absolute Gasteiger partial charge is 0.484 e. The quantitative estimate of drug-likeness (QED) is 0.722. The van der Waals surface area contributed by atoms with E-state index in [4.69, 9.17) is 21.4 Å². The van der Waals surface area contributed by atoms with E-state index in [0.29, 0.717) is 25.7 Å². The number of carboxylic acid groups (broad SMARTS) is 1. The molecule has 140 valence electrons. The molecule has 7 nitrogen and oxygen atoms in total. The molecule has 0 atom stereocenters. The first kappa shape index (κ1) is 18.4. The number of benzene rings is 1. The zero-order valence-corrected chi connectivity index (χ0v) is 14.6. The van der Waals surface area contributed by atoms with Crippen LogP contribution in [0.2, 0.25) is 5.02 Å². The van der Waals surface area contributed by atoms with E-state index in [1.54, 1.807) is 0 Å². The lowest BCUT2D eigenvalue weighted by atomic mass is 9.60. The van der Waals surface area contributed by atoms with Crippen molar-refractivity contribution in [2.75, 3.05) is 6.61 Å². The van der Waals surface area contributed by atoms with Crippen molar-refractivity contribution >= 4 is 29.4 Å². The van der Waals surface area contributed by atoms with E-state index in [1.165, 1.54) is 12.1 Å². The molecule has 0 heterocycles. The van der Waals surface area contributed by atoms with Crippen LogP contribution in [0.1, 0.15) is 32.1 Å². The van der Waals surface area contributed by atoms with Crippen LogP contribution in [-0.4, -0.2) is 40.6 Å². The van der Waals surface area contributed by atoms with Crippen molar-refractivity contribution in [3.05, 3.63) is 29.0 Å². The van der Waals surface area contributed by atoms with Gasteiger partial charge in [-0.3, -0.25) is 9.59 Å². The van der Waals surface area contributed by atoms with Crippen LogP contribution >= 0.6 is 11.6 Å². The van der Waals surface area contributed by atoms with Gasteiger partial charge in [-0.2, -0.15) is 0 Å². The van der Waals surface area contributed by atoms with Crippen LogP contribution in [0.25, 0.3) is 0 Å². The van der Waals surface area contributed by atoms with Crippen LogP contribution in [0.15, 0.2) is 18.2 Å². The Bertz CT molecular complexity index is 762. The number of hydrogen-bond donors (Lipinski definition) is 3. The normalized spacial score (nSPS) is 27.1. The Labute approximate surface area is 153 Å². The molecule has 9 heteroatoms. The Balaban J connectivity index is 1.57. The molecule has 4 rings (SSSR count). The third-order valence-corrected chi connectivity index (χ3v) is 5.41. The summed E-state index contributed by atoms with van der Waals surface area (Å²) in [7, 11) is 0. The molecule has 3 aliphatic carbocycles. The van der Waals surface area contributed by atoms with E-state index in [9.17, 15) is 18.8 Å². The predicted octanol–water partition coefficient (Wildman–Crippen LogP) is 2.27. The van der Waals surface area contributed by atoms with Crippen LogP contribution in [0.3, 0.4) is 0 Å². The van der Waals surface area contributed by atoms with E-state index in [-0.39, 0.29) is 29.6 Å². The van der Waals surface area contributed by atoms with Gasteiger partial charge in [0.15, 0.2) is 12.4 Å². The Morgan fingerprint density at radius 2 is 1.92 bits per heavy atom. The number of Topliss-reactive ketones (excluding diaryl/α,β-unsaturated/α-hetero) is 1. The molecule has 1 aromatic carbocycles. The van der Waals surface area contributed by atoms with E-state index < -0.39 is 28.9 Å². The highest BCUT2D eigenvalue weighted by molar-refractivity contribution is 6.30. The minimum Gasteiger partial charge on any atom is -0.484 e. The highest BCUT2D eigenvalue weighted by Gasteiger charge is 2.55. The molecule has 2 bridgehead atoms. The summed E-state index contributed by atoms with van der Waals surface area (Å²) in [6, 6.07) is 3.87. The minimum absolute atomic E-state index is 0.0398. The van der Waals surface area contributed by atoms with Crippen molar-refractivity contribution in [2.45, 2.75) is 43.2 Å². The number of hydrogen-bond acceptors (Lipinski definition) is 4. The van der Waals surface area contributed by atoms with Gasteiger partial charge in [0, 0.05) is 18.0 Å². The molecule has 2 amide bonds. The van der Waals surface area contributed by atoms with Gasteiger partial charge in [0.2, 0.25) is 0 Å². The van der Waals surface area contributed by atoms with E-state index >= 15 is 0 Å². The van der Waals surface area contributed by atoms with Gasteiger partial charge in [0.25, 0.3) is 5.91 Å².